The number of halogens is 2. The van der Waals surface area contributed by atoms with Crippen molar-refractivity contribution in [1.29, 1.82) is 0 Å². The van der Waals surface area contributed by atoms with Gasteiger partial charge in [0.25, 0.3) is 0 Å². The smallest absolute Gasteiger partial charge is 0.387 e. The number of aliphatic hydroxyl groups is 1. The molecule has 0 fully saturated rings. The molecule has 0 saturated carbocycles. The van der Waals surface area contributed by atoms with Gasteiger partial charge in [-0.2, -0.15) is 8.78 Å². The topological polar surface area (TPSA) is 45.2 Å². The minimum absolute atomic E-state index is 0.0363. The van der Waals surface area contributed by atoms with E-state index in [1.807, 2.05) is 20.8 Å². The Balaban J connectivity index is 2.33. The molecule has 3 nitrogen and oxygen atoms in total. The summed E-state index contributed by atoms with van der Waals surface area (Å²) in [5.74, 6) is 0.0363. The highest BCUT2D eigenvalue weighted by molar-refractivity contribution is 5.40. The fourth-order valence-corrected chi connectivity index (χ4v) is 2.17. The number of hydrogen-bond acceptors (Lipinski definition) is 2. The van der Waals surface area contributed by atoms with Crippen LogP contribution in [0.3, 0.4) is 0 Å². The second-order valence-corrected chi connectivity index (χ2v) is 4.77. The average Bonchev–Trinajstić information content (AvgIpc) is 2.65. The van der Waals surface area contributed by atoms with Gasteiger partial charge < -0.3 is 14.8 Å². The number of rotatable bonds is 4. The first-order valence-electron chi connectivity index (χ1n) is 6.28. The van der Waals surface area contributed by atoms with Crippen LogP contribution in [0, 0.1) is 20.8 Å². The summed E-state index contributed by atoms with van der Waals surface area (Å²) in [6.45, 7) is 2.93. The van der Waals surface area contributed by atoms with Crippen LogP contribution < -0.4 is 4.74 Å². The highest BCUT2D eigenvalue weighted by Crippen LogP contribution is 2.29. The van der Waals surface area contributed by atoms with Crippen LogP contribution in [-0.4, -0.2) is 16.7 Å². The van der Waals surface area contributed by atoms with Crippen molar-refractivity contribution >= 4 is 0 Å². The third-order valence-electron chi connectivity index (χ3n) is 3.52. The van der Waals surface area contributed by atoms with E-state index in [0.29, 0.717) is 11.3 Å². The number of hydrogen-bond donors (Lipinski definition) is 2. The van der Waals surface area contributed by atoms with Crippen LogP contribution >= 0.6 is 0 Å². The van der Waals surface area contributed by atoms with E-state index in [-0.39, 0.29) is 5.75 Å². The van der Waals surface area contributed by atoms with E-state index < -0.39 is 12.7 Å². The molecule has 1 unspecified atom stereocenters. The zero-order chi connectivity index (χ0) is 14.9. The largest absolute Gasteiger partial charge is 0.435 e. The maximum absolute atomic E-state index is 12.2. The lowest BCUT2D eigenvalue weighted by atomic mass is 10.0. The number of benzene rings is 1. The summed E-state index contributed by atoms with van der Waals surface area (Å²) >= 11 is 0. The van der Waals surface area contributed by atoms with E-state index in [2.05, 4.69) is 9.72 Å². The van der Waals surface area contributed by atoms with Crippen LogP contribution in [0.15, 0.2) is 24.3 Å². The SMILES string of the molecule is Cc1[nH]c(C(O)c2cccc(OC(F)F)c2)c(C)c1C. The zero-order valence-corrected chi connectivity index (χ0v) is 11.6. The fraction of sp³-hybridized carbons (Fsp3) is 0.333. The first-order chi connectivity index (χ1) is 9.40. The molecule has 1 atom stereocenters. The summed E-state index contributed by atoms with van der Waals surface area (Å²) in [5.41, 5.74) is 4.22. The predicted molar refractivity (Wildman–Crippen MR) is 72.1 cm³/mol. The average molecular weight is 281 g/mol. The lowest BCUT2D eigenvalue weighted by molar-refractivity contribution is -0.0499. The summed E-state index contributed by atoms with van der Waals surface area (Å²) < 4.78 is 28.8. The minimum atomic E-state index is -2.88. The van der Waals surface area contributed by atoms with E-state index in [0.717, 1.165) is 16.8 Å². The maximum Gasteiger partial charge on any atom is 0.387 e. The molecule has 2 rings (SSSR count). The number of ether oxygens (including phenoxy) is 1. The van der Waals surface area contributed by atoms with Crippen LogP contribution in [-0.2, 0) is 0 Å². The second kappa shape index (κ2) is 5.63. The van der Waals surface area contributed by atoms with Gasteiger partial charge >= 0.3 is 6.61 Å². The van der Waals surface area contributed by atoms with Gasteiger partial charge in [-0.25, -0.2) is 0 Å². The molecule has 1 heterocycles. The molecule has 0 aliphatic heterocycles. The highest BCUT2D eigenvalue weighted by atomic mass is 19.3. The molecular formula is C15H17F2NO2. The zero-order valence-electron chi connectivity index (χ0n) is 11.6. The summed E-state index contributed by atoms with van der Waals surface area (Å²) in [4.78, 5) is 3.13. The van der Waals surface area contributed by atoms with Gasteiger partial charge in [0.05, 0.1) is 5.69 Å². The Labute approximate surface area is 116 Å². The van der Waals surface area contributed by atoms with Crippen molar-refractivity contribution in [1.82, 2.24) is 4.98 Å². The Morgan fingerprint density at radius 3 is 2.40 bits per heavy atom. The molecular weight excluding hydrogens is 264 g/mol. The van der Waals surface area contributed by atoms with Gasteiger partial charge in [-0.3, -0.25) is 0 Å². The fourth-order valence-electron chi connectivity index (χ4n) is 2.17. The normalized spacial score (nSPS) is 12.8. The van der Waals surface area contributed by atoms with Gasteiger partial charge in [-0.15, -0.1) is 0 Å². The van der Waals surface area contributed by atoms with Crippen LogP contribution in [0.5, 0.6) is 5.75 Å². The molecule has 1 aromatic carbocycles. The van der Waals surface area contributed by atoms with Crippen molar-refractivity contribution in [2.45, 2.75) is 33.5 Å². The van der Waals surface area contributed by atoms with E-state index in [1.54, 1.807) is 12.1 Å². The monoisotopic (exact) mass is 281 g/mol. The predicted octanol–water partition coefficient (Wildman–Crippen LogP) is 3.62. The van der Waals surface area contributed by atoms with Crippen LogP contribution in [0.1, 0.15) is 34.2 Å². The molecule has 0 spiro atoms. The van der Waals surface area contributed by atoms with Crippen molar-refractivity contribution in [2.75, 3.05) is 0 Å². The summed E-state index contributed by atoms with van der Waals surface area (Å²) in [7, 11) is 0. The molecule has 0 aliphatic carbocycles. The molecule has 0 saturated heterocycles. The van der Waals surface area contributed by atoms with Crippen LogP contribution in [0.25, 0.3) is 0 Å². The van der Waals surface area contributed by atoms with E-state index in [4.69, 9.17) is 0 Å². The van der Waals surface area contributed by atoms with E-state index in [1.165, 1.54) is 12.1 Å². The first kappa shape index (κ1) is 14.5. The molecule has 0 radical (unpaired) electrons. The van der Waals surface area contributed by atoms with Crippen molar-refractivity contribution in [3.05, 3.63) is 52.3 Å². The van der Waals surface area contributed by atoms with Crippen LogP contribution in [0.4, 0.5) is 8.78 Å². The van der Waals surface area contributed by atoms with Gasteiger partial charge in [0.2, 0.25) is 0 Å². The number of alkyl halides is 2. The number of aromatic nitrogens is 1. The number of aliphatic hydroxyl groups excluding tert-OH is 1. The molecule has 1 aromatic heterocycles. The number of aromatic amines is 1. The molecule has 0 amide bonds. The molecule has 0 bridgehead atoms. The quantitative estimate of drug-likeness (QED) is 0.899. The van der Waals surface area contributed by atoms with Crippen molar-refractivity contribution in [3.8, 4) is 5.75 Å². The lowest BCUT2D eigenvalue weighted by Gasteiger charge is -2.13. The Kier molecular flexibility index (Phi) is 4.09. The Morgan fingerprint density at radius 2 is 1.85 bits per heavy atom. The van der Waals surface area contributed by atoms with Gasteiger partial charge in [0.15, 0.2) is 0 Å². The molecule has 20 heavy (non-hydrogen) atoms. The Bertz CT molecular complexity index is 608. The van der Waals surface area contributed by atoms with Gasteiger partial charge in [0, 0.05) is 5.69 Å². The number of aryl methyl sites for hydroxylation is 1. The third-order valence-corrected chi connectivity index (χ3v) is 3.52. The third kappa shape index (κ3) is 2.82. The summed E-state index contributed by atoms with van der Waals surface area (Å²) in [6.07, 6.45) is -0.899. The molecule has 2 N–H and O–H groups in total. The van der Waals surface area contributed by atoms with Crippen LogP contribution in [0.2, 0.25) is 0 Å². The number of nitrogens with one attached hydrogen (secondary N) is 1. The summed E-state index contributed by atoms with van der Waals surface area (Å²) in [6, 6.07) is 6.10. The van der Waals surface area contributed by atoms with E-state index >= 15 is 0 Å². The summed E-state index contributed by atoms with van der Waals surface area (Å²) in [5, 5.41) is 10.4. The van der Waals surface area contributed by atoms with E-state index in [9.17, 15) is 13.9 Å². The molecule has 5 heteroatoms. The molecule has 2 aromatic rings. The number of H-pyrrole nitrogens is 1. The Morgan fingerprint density at radius 1 is 1.15 bits per heavy atom. The van der Waals surface area contributed by atoms with Crippen molar-refractivity contribution < 1.29 is 18.6 Å². The second-order valence-electron chi connectivity index (χ2n) is 4.77. The maximum atomic E-state index is 12.2. The standard InChI is InChI=1S/C15H17F2NO2/c1-8-9(2)13(18-10(8)3)14(19)11-5-4-6-12(7-11)20-15(16)17/h4-7,14-15,18-19H,1-3H3. The van der Waals surface area contributed by atoms with Gasteiger partial charge in [0.1, 0.15) is 11.9 Å². The van der Waals surface area contributed by atoms with Gasteiger partial charge in [-0.1, -0.05) is 12.1 Å². The van der Waals surface area contributed by atoms with Crippen molar-refractivity contribution in [2.24, 2.45) is 0 Å². The molecule has 0 aliphatic rings. The van der Waals surface area contributed by atoms with Gasteiger partial charge in [-0.05, 0) is 49.6 Å². The van der Waals surface area contributed by atoms with Crippen molar-refractivity contribution in [3.63, 3.8) is 0 Å². The lowest BCUT2D eigenvalue weighted by Crippen LogP contribution is -2.05. The molecule has 108 valence electrons. The Hall–Kier alpha value is -1.88. The minimum Gasteiger partial charge on any atom is -0.435 e. The first-order valence-corrected chi connectivity index (χ1v) is 6.28. The highest BCUT2D eigenvalue weighted by Gasteiger charge is 2.18.